The number of methoxy groups -OCH3 is 1. The Labute approximate surface area is 119 Å². The lowest BCUT2D eigenvalue weighted by Crippen LogP contribution is -2.44. The molecule has 19 heavy (non-hydrogen) atoms. The molecule has 0 amide bonds. The number of hydrogen-bond donors (Lipinski definition) is 0. The van der Waals surface area contributed by atoms with E-state index in [0.29, 0.717) is 0 Å². The fraction of sp³-hybridized carbons (Fsp3) is 0.933. The van der Waals surface area contributed by atoms with Gasteiger partial charge in [-0.2, -0.15) is 0 Å². The highest BCUT2D eigenvalue weighted by molar-refractivity contribution is 6.73. The number of rotatable bonds is 6. The molecule has 0 aromatic heterocycles. The second kappa shape index (κ2) is 8.05. The molecule has 0 radical (unpaired) electrons. The van der Waals surface area contributed by atoms with E-state index in [1.165, 1.54) is 20.0 Å². The van der Waals surface area contributed by atoms with Crippen molar-refractivity contribution in [2.75, 3.05) is 7.11 Å². The number of carbonyl (C=O) groups excluding carboxylic acids is 1. The maximum absolute atomic E-state index is 12.0. The van der Waals surface area contributed by atoms with Crippen molar-refractivity contribution >= 4 is 14.3 Å². The van der Waals surface area contributed by atoms with Crippen LogP contribution in [0.25, 0.3) is 0 Å². The lowest BCUT2D eigenvalue weighted by atomic mass is 9.98. The van der Waals surface area contributed by atoms with Gasteiger partial charge in [-0.15, -0.1) is 0 Å². The van der Waals surface area contributed by atoms with E-state index in [0.717, 1.165) is 37.4 Å². The van der Waals surface area contributed by atoms with Crippen molar-refractivity contribution in [3.63, 3.8) is 0 Å². The van der Waals surface area contributed by atoms with Crippen LogP contribution in [0.1, 0.15) is 52.9 Å². The van der Waals surface area contributed by atoms with Crippen molar-refractivity contribution in [1.82, 2.24) is 0 Å². The molecule has 1 aliphatic rings. The molecule has 0 unspecified atom stereocenters. The van der Waals surface area contributed by atoms with Crippen LogP contribution >= 0.6 is 0 Å². The predicted molar refractivity (Wildman–Crippen MR) is 80.7 cm³/mol. The molecule has 1 saturated carbocycles. The van der Waals surface area contributed by atoms with Gasteiger partial charge in [-0.05, 0) is 31.0 Å². The van der Waals surface area contributed by atoms with Gasteiger partial charge in [-0.3, -0.25) is 4.79 Å². The van der Waals surface area contributed by atoms with Crippen LogP contribution in [0.3, 0.4) is 0 Å². The molecule has 1 aliphatic carbocycles. The van der Waals surface area contributed by atoms with Gasteiger partial charge in [0.2, 0.25) is 0 Å². The van der Waals surface area contributed by atoms with E-state index in [1.807, 2.05) is 0 Å². The topological polar surface area (TPSA) is 35.5 Å². The Morgan fingerprint density at radius 2 is 1.63 bits per heavy atom. The van der Waals surface area contributed by atoms with Crippen molar-refractivity contribution in [3.8, 4) is 0 Å². The summed E-state index contributed by atoms with van der Waals surface area (Å²) in [6, 6.07) is 3.43. The largest absolute Gasteiger partial charge is 0.469 e. The van der Waals surface area contributed by atoms with E-state index >= 15 is 0 Å². The molecule has 0 saturated heterocycles. The zero-order valence-corrected chi connectivity index (χ0v) is 14.0. The van der Waals surface area contributed by atoms with Crippen molar-refractivity contribution in [3.05, 3.63) is 0 Å². The number of hydrogen-bond acceptors (Lipinski definition) is 3. The summed E-state index contributed by atoms with van der Waals surface area (Å²) in [4.78, 5) is 12.0. The van der Waals surface area contributed by atoms with Gasteiger partial charge in [0, 0.05) is 0 Å². The molecule has 0 N–H and O–H groups in total. The van der Waals surface area contributed by atoms with Crippen LogP contribution in [0.2, 0.25) is 18.1 Å². The molecule has 1 fully saturated rings. The molecular weight excluding hydrogens is 256 g/mol. The van der Waals surface area contributed by atoms with E-state index in [-0.39, 0.29) is 18.0 Å². The summed E-state index contributed by atoms with van der Waals surface area (Å²) < 4.78 is 11.6. The van der Waals surface area contributed by atoms with Gasteiger partial charge in [-0.25, -0.2) is 0 Å². The fourth-order valence-electron chi connectivity index (χ4n) is 3.16. The van der Waals surface area contributed by atoms with Gasteiger partial charge in [0.15, 0.2) is 8.32 Å². The van der Waals surface area contributed by atoms with Crippen LogP contribution in [0.5, 0.6) is 0 Å². The van der Waals surface area contributed by atoms with Crippen LogP contribution in [0.15, 0.2) is 0 Å². The van der Waals surface area contributed by atoms with Crippen LogP contribution in [-0.4, -0.2) is 27.5 Å². The highest BCUT2D eigenvalue weighted by Crippen LogP contribution is 2.32. The zero-order valence-electron chi connectivity index (χ0n) is 13.0. The average molecular weight is 286 g/mol. The Balaban J connectivity index is 2.82. The van der Waals surface area contributed by atoms with Gasteiger partial charge in [-0.1, -0.05) is 40.0 Å². The normalized spacial score (nSPS) is 24.8. The number of carbonyl (C=O) groups is 1. The summed E-state index contributed by atoms with van der Waals surface area (Å²) in [6.07, 6.45) is 5.57. The fourth-order valence-corrected chi connectivity index (χ4v) is 6.08. The standard InChI is InChI=1S/C15H30O3Si/c1-5-19(6-2,7-3)18-14-12-10-8-9-11-13(14)15(16)17-4/h13-14H,5-12H2,1-4H3/t13-,14+/m0/s1. The zero-order chi connectivity index (χ0) is 14.3. The third-order valence-corrected chi connectivity index (χ3v) is 9.46. The second-order valence-corrected chi connectivity index (χ2v) is 10.4. The van der Waals surface area contributed by atoms with Crippen LogP contribution in [-0.2, 0) is 14.0 Å². The molecule has 1 rings (SSSR count). The Kier molecular flexibility index (Phi) is 7.08. The Morgan fingerprint density at radius 1 is 1.05 bits per heavy atom. The van der Waals surface area contributed by atoms with E-state index in [1.54, 1.807) is 0 Å². The molecule has 0 aliphatic heterocycles. The Hall–Kier alpha value is -0.353. The molecule has 4 heteroatoms. The van der Waals surface area contributed by atoms with Crippen LogP contribution in [0.4, 0.5) is 0 Å². The molecular formula is C15H30O3Si. The first-order chi connectivity index (χ1) is 9.12. The predicted octanol–water partition coefficient (Wildman–Crippen LogP) is 4.13. The quantitative estimate of drug-likeness (QED) is 0.418. The molecule has 0 aromatic rings. The maximum Gasteiger partial charge on any atom is 0.311 e. The minimum absolute atomic E-state index is 0.0379. The first-order valence-corrected chi connectivity index (χ1v) is 10.4. The molecule has 112 valence electrons. The van der Waals surface area contributed by atoms with E-state index in [4.69, 9.17) is 9.16 Å². The first-order valence-electron chi connectivity index (χ1n) is 7.88. The molecule has 0 heterocycles. The van der Waals surface area contributed by atoms with Crippen LogP contribution in [0, 0.1) is 5.92 Å². The van der Waals surface area contributed by atoms with E-state index in [2.05, 4.69) is 20.8 Å². The highest BCUT2D eigenvalue weighted by atomic mass is 28.4. The smallest absolute Gasteiger partial charge is 0.311 e. The lowest BCUT2D eigenvalue weighted by molar-refractivity contribution is -0.149. The second-order valence-electron chi connectivity index (χ2n) is 5.67. The lowest BCUT2D eigenvalue weighted by Gasteiger charge is -2.35. The van der Waals surface area contributed by atoms with Crippen molar-refractivity contribution in [2.24, 2.45) is 5.92 Å². The van der Waals surface area contributed by atoms with Crippen molar-refractivity contribution < 1.29 is 14.0 Å². The van der Waals surface area contributed by atoms with E-state index in [9.17, 15) is 4.79 Å². The van der Waals surface area contributed by atoms with Gasteiger partial charge in [0.25, 0.3) is 0 Å². The SMILES string of the molecule is CC[Si](CC)(CC)O[C@@H]1CCCCC[C@@H]1C(=O)OC. The highest BCUT2D eigenvalue weighted by Gasteiger charge is 2.38. The first kappa shape index (κ1) is 16.7. The molecule has 0 aromatic carbocycles. The van der Waals surface area contributed by atoms with Crippen LogP contribution < -0.4 is 0 Å². The molecule has 2 atom stereocenters. The molecule has 3 nitrogen and oxygen atoms in total. The molecule has 0 bridgehead atoms. The summed E-state index contributed by atoms with van der Waals surface area (Å²) in [6.45, 7) is 6.72. The average Bonchev–Trinajstić information content (AvgIpc) is 2.69. The van der Waals surface area contributed by atoms with E-state index < -0.39 is 8.32 Å². The number of ether oxygens (including phenoxy) is 1. The van der Waals surface area contributed by atoms with Gasteiger partial charge in [0.1, 0.15) is 0 Å². The van der Waals surface area contributed by atoms with Gasteiger partial charge < -0.3 is 9.16 Å². The van der Waals surface area contributed by atoms with Gasteiger partial charge >= 0.3 is 5.97 Å². The Morgan fingerprint density at radius 3 is 2.16 bits per heavy atom. The van der Waals surface area contributed by atoms with Crippen molar-refractivity contribution in [2.45, 2.75) is 77.1 Å². The summed E-state index contributed by atoms with van der Waals surface area (Å²) in [7, 11) is -0.141. The summed E-state index contributed by atoms with van der Waals surface area (Å²) in [5.74, 6) is -0.109. The minimum Gasteiger partial charge on any atom is -0.469 e. The summed E-state index contributed by atoms with van der Waals surface area (Å²) in [5.41, 5.74) is 0. The van der Waals surface area contributed by atoms with Gasteiger partial charge in [0.05, 0.1) is 19.1 Å². The third kappa shape index (κ3) is 4.31. The summed E-state index contributed by atoms with van der Waals surface area (Å²) >= 11 is 0. The third-order valence-electron chi connectivity index (χ3n) is 4.79. The summed E-state index contributed by atoms with van der Waals surface area (Å²) in [5, 5.41) is 0. The van der Waals surface area contributed by atoms with Crippen molar-refractivity contribution in [1.29, 1.82) is 0 Å². The monoisotopic (exact) mass is 286 g/mol. The number of esters is 1. The maximum atomic E-state index is 12.0. The Bertz CT molecular complexity index is 268. The molecule has 0 spiro atoms. The minimum atomic E-state index is -1.64.